The minimum Gasteiger partial charge on any atom is -1.00 e. The Morgan fingerprint density at radius 2 is 2.06 bits per heavy atom. The monoisotopic (exact) mass is 254 g/mol. The lowest BCUT2D eigenvalue weighted by molar-refractivity contribution is -0.672. The van der Waals surface area contributed by atoms with Gasteiger partial charge >= 0.3 is 0 Å². The molecule has 2 rings (SSSR count). The van der Waals surface area contributed by atoms with Gasteiger partial charge in [-0.3, -0.25) is 0 Å². The van der Waals surface area contributed by atoms with Crippen molar-refractivity contribution in [2.45, 2.75) is 26.4 Å². The lowest BCUT2D eigenvalue weighted by Gasteiger charge is -1.95. The number of fused-ring (bicyclic) bond motifs is 1. The highest BCUT2D eigenvalue weighted by molar-refractivity contribution is 5.71. The molecule has 0 bridgehead atoms. The first-order valence-electron chi connectivity index (χ1n) is 5.83. The van der Waals surface area contributed by atoms with Crippen LogP contribution in [0.1, 0.15) is 13.3 Å². The van der Waals surface area contributed by atoms with Gasteiger partial charge in [-0.15, -0.1) is 0 Å². The third-order valence-corrected chi connectivity index (χ3v) is 2.78. The van der Waals surface area contributed by atoms with Crippen LogP contribution in [0.3, 0.4) is 0 Å². The van der Waals surface area contributed by atoms with E-state index in [0.29, 0.717) is 0 Å². The fraction of sp³-hybridized carbons (Fsp3) is 0.462. The van der Waals surface area contributed by atoms with Crippen LogP contribution in [0.4, 0.5) is 0 Å². The number of aryl methyl sites for hydroxylation is 1. The zero-order chi connectivity index (χ0) is 11.4. The lowest BCUT2D eigenvalue weighted by Crippen LogP contribution is -3.00. The summed E-state index contributed by atoms with van der Waals surface area (Å²) in [5, 5.41) is 0. The van der Waals surface area contributed by atoms with Crippen molar-refractivity contribution in [3.05, 3.63) is 30.6 Å². The molecule has 0 spiro atoms. The number of imidazole rings is 1. The molecule has 0 saturated heterocycles. The predicted octanol–water partition coefficient (Wildman–Crippen LogP) is -1.01. The number of hydrogen-bond acceptors (Lipinski definition) is 1. The summed E-state index contributed by atoms with van der Waals surface area (Å²) < 4.78 is 9.70. The molecule has 4 heteroatoms. The first kappa shape index (κ1) is 14.0. The highest BCUT2D eigenvalue weighted by Crippen LogP contribution is 2.10. The van der Waals surface area contributed by atoms with Crippen LogP contribution in [-0.4, -0.2) is 18.3 Å². The van der Waals surface area contributed by atoms with Crippen LogP contribution in [0.2, 0.25) is 0 Å². The Morgan fingerprint density at radius 1 is 1.29 bits per heavy atom. The summed E-state index contributed by atoms with van der Waals surface area (Å²) in [4.78, 5) is 0. The molecule has 0 aliphatic carbocycles. The van der Waals surface area contributed by atoms with Gasteiger partial charge in [0.2, 0.25) is 6.33 Å². The Morgan fingerprint density at radius 3 is 2.76 bits per heavy atom. The summed E-state index contributed by atoms with van der Waals surface area (Å²) in [7, 11) is 1.74. The molecule has 0 saturated carbocycles. The highest BCUT2D eigenvalue weighted by atomic mass is 35.5. The van der Waals surface area contributed by atoms with E-state index < -0.39 is 0 Å². The molecule has 0 atom stereocenters. The number of benzene rings is 1. The zero-order valence-electron chi connectivity index (χ0n) is 10.4. The Kier molecular flexibility index (Phi) is 5.45. The second-order valence-corrected chi connectivity index (χ2v) is 3.98. The van der Waals surface area contributed by atoms with Crippen molar-refractivity contribution in [1.82, 2.24) is 4.57 Å². The van der Waals surface area contributed by atoms with Crippen LogP contribution in [0.25, 0.3) is 11.0 Å². The van der Waals surface area contributed by atoms with Crippen LogP contribution in [0.5, 0.6) is 0 Å². The molecule has 0 fully saturated rings. The van der Waals surface area contributed by atoms with Gasteiger partial charge in [-0.1, -0.05) is 19.1 Å². The molecule has 1 heterocycles. The van der Waals surface area contributed by atoms with Crippen molar-refractivity contribution >= 4 is 11.0 Å². The van der Waals surface area contributed by atoms with E-state index in [9.17, 15) is 0 Å². The SMILES string of the molecule is CCC[n+]1cn(CCOC)c2ccccc21.[Cl-]. The number of rotatable bonds is 5. The van der Waals surface area contributed by atoms with Crippen molar-refractivity contribution in [1.29, 1.82) is 0 Å². The minimum atomic E-state index is 0. The van der Waals surface area contributed by atoms with E-state index in [1.807, 2.05) is 0 Å². The van der Waals surface area contributed by atoms with Crippen molar-refractivity contribution in [3.8, 4) is 0 Å². The summed E-state index contributed by atoms with van der Waals surface area (Å²) in [6.07, 6.45) is 3.34. The third kappa shape index (κ3) is 2.99. The van der Waals surface area contributed by atoms with Gasteiger partial charge in [0.05, 0.1) is 13.2 Å². The molecule has 0 aliphatic heterocycles. The van der Waals surface area contributed by atoms with E-state index in [-0.39, 0.29) is 12.4 Å². The molecular formula is C13H19ClN2O. The maximum atomic E-state index is 5.13. The van der Waals surface area contributed by atoms with Gasteiger partial charge in [-0.05, 0) is 18.6 Å². The average molecular weight is 255 g/mol. The van der Waals surface area contributed by atoms with E-state index in [4.69, 9.17) is 4.74 Å². The second-order valence-electron chi connectivity index (χ2n) is 3.98. The second kappa shape index (κ2) is 6.62. The number of aromatic nitrogens is 2. The summed E-state index contributed by atoms with van der Waals surface area (Å²) in [6.45, 7) is 4.94. The van der Waals surface area contributed by atoms with Gasteiger partial charge in [0.15, 0.2) is 11.0 Å². The normalized spacial score (nSPS) is 10.5. The Hall–Kier alpha value is -1.06. The smallest absolute Gasteiger partial charge is 0.244 e. The van der Waals surface area contributed by atoms with Crippen molar-refractivity contribution in [2.24, 2.45) is 0 Å². The van der Waals surface area contributed by atoms with Crippen molar-refractivity contribution < 1.29 is 21.7 Å². The summed E-state index contributed by atoms with van der Waals surface area (Å²) in [6, 6.07) is 8.52. The van der Waals surface area contributed by atoms with Crippen molar-refractivity contribution in [2.75, 3.05) is 13.7 Å². The molecule has 17 heavy (non-hydrogen) atoms. The summed E-state index contributed by atoms with van der Waals surface area (Å²) in [5.74, 6) is 0. The molecule has 0 N–H and O–H groups in total. The third-order valence-electron chi connectivity index (χ3n) is 2.78. The number of hydrogen-bond donors (Lipinski definition) is 0. The summed E-state index contributed by atoms with van der Waals surface area (Å²) in [5.41, 5.74) is 2.59. The van der Waals surface area contributed by atoms with Crippen LogP contribution in [0, 0.1) is 0 Å². The van der Waals surface area contributed by atoms with E-state index in [0.717, 1.165) is 26.1 Å². The molecule has 2 aromatic rings. The van der Waals surface area contributed by atoms with Crippen LogP contribution in [0.15, 0.2) is 30.6 Å². The van der Waals surface area contributed by atoms with Crippen molar-refractivity contribution in [3.63, 3.8) is 0 Å². The van der Waals surface area contributed by atoms with Gasteiger partial charge in [-0.2, -0.15) is 0 Å². The maximum Gasteiger partial charge on any atom is 0.244 e. The number of ether oxygens (including phenoxy) is 1. The zero-order valence-corrected chi connectivity index (χ0v) is 11.2. The van der Waals surface area contributed by atoms with Crippen LogP contribution < -0.4 is 17.0 Å². The van der Waals surface area contributed by atoms with E-state index in [1.54, 1.807) is 7.11 Å². The maximum absolute atomic E-state index is 5.13. The summed E-state index contributed by atoms with van der Waals surface area (Å²) >= 11 is 0. The van der Waals surface area contributed by atoms with Gasteiger partial charge in [0.1, 0.15) is 6.54 Å². The topological polar surface area (TPSA) is 18.0 Å². The fourth-order valence-corrected chi connectivity index (χ4v) is 2.03. The molecule has 1 aromatic heterocycles. The van der Waals surface area contributed by atoms with Gasteiger partial charge in [0.25, 0.3) is 0 Å². The number of para-hydroxylation sites is 2. The largest absolute Gasteiger partial charge is 1.00 e. The van der Waals surface area contributed by atoms with E-state index in [2.05, 4.69) is 46.7 Å². The lowest BCUT2D eigenvalue weighted by atomic mass is 10.3. The van der Waals surface area contributed by atoms with E-state index >= 15 is 0 Å². The molecule has 3 nitrogen and oxygen atoms in total. The minimum absolute atomic E-state index is 0. The molecule has 0 amide bonds. The quantitative estimate of drug-likeness (QED) is 0.626. The standard InChI is InChI=1S/C13H19N2O.ClH/c1-3-8-14-11-15(9-10-16-2)13-7-5-4-6-12(13)14;/h4-7,11H,3,8-10H2,1-2H3;1H/q+1;/p-1. The molecule has 94 valence electrons. The predicted molar refractivity (Wildman–Crippen MR) is 64.3 cm³/mol. The Bertz CT molecular complexity index is 467. The fourth-order valence-electron chi connectivity index (χ4n) is 2.03. The molecule has 0 aliphatic rings. The molecular weight excluding hydrogens is 236 g/mol. The number of methoxy groups -OCH3 is 1. The molecule has 1 aromatic carbocycles. The number of nitrogens with zero attached hydrogens (tertiary/aromatic N) is 2. The van der Waals surface area contributed by atoms with E-state index in [1.165, 1.54) is 11.0 Å². The Balaban J connectivity index is 0.00000144. The number of halogens is 1. The molecule has 0 unspecified atom stereocenters. The molecule has 0 radical (unpaired) electrons. The Labute approximate surface area is 108 Å². The average Bonchev–Trinajstić information content (AvgIpc) is 2.66. The van der Waals surface area contributed by atoms with Gasteiger partial charge < -0.3 is 17.1 Å². The first-order valence-corrected chi connectivity index (χ1v) is 5.83. The highest BCUT2D eigenvalue weighted by Gasteiger charge is 2.13. The first-order chi connectivity index (χ1) is 7.86. The van der Waals surface area contributed by atoms with Crippen LogP contribution in [-0.2, 0) is 17.8 Å². The van der Waals surface area contributed by atoms with Gasteiger partial charge in [0, 0.05) is 7.11 Å². The van der Waals surface area contributed by atoms with Crippen LogP contribution >= 0.6 is 0 Å². The van der Waals surface area contributed by atoms with Gasteiger partial charge in [-0.25, -0.2) is 9.13 Å².